The fraction of sp³-hybridized carbons (Fsp3) is 0.636. The lowest BCUT2D eigenvalue weighted by molar-refractivity contribution is 0.642. The molecule has 0 fully saturated rings. The molecule has 1 heterocycles. The van der Waals surface area contributed by atoms with Gasteiger partial charge in [0.15, 0.2) is 0 Å². The van der Waals surface area contributed by atoms with Gasteiger partial charge < -0.3 is 0 Å². The second kappa shape index (κ2) is 6.86. The molecule has 0 spiro atoms. The Labute approximate surface area is 104 Å². The van der Waals surface area contributed by atoms with Crippen LogP contribution in [0.3, 0.4) is 0 Å². The van der Waals surface area contributed by atoms with Gasteiger partial charge in [0.2, 0.25) is 0 Å². The molecule has 14 heavy (non-hydrogen) atoms. The lowest BCUT2D eigenvalue weighted by Crippen LogP contribution is -1.98. The van der Waals surface area contributed by atoms with Gasteiger partial charge in [0.25, 0.3) is 0 Å². The Bertz CT molecular complexity index is 260. The number of aryl methyl sites for hydroxylation is 1. The van der Waals surface area contributed by atoms with Gasteiger partial charge in [-0.25, -0.2) is 0 Å². The van der Waals surface area contributed by atoms with E-state index in [0.717, 1.165) is 19.3 Å². The third kappa shape index (κ3) is 4.33. The van der Waals surface area contributed by atoms with Gasteiger partial charge in [0.1, 0.15) is 0 Å². The lowest BCUT2D eigenvalue weighted by Gasteiger charge is -2.06. The summed E-state index contributed by atoms with van der Waals surface area (Å²) >= 11 is 11.5. The van der Waals surface area contributed by atoms with Crippen molar-refractivity contribution in [3.05, 3.63) is 20.8 Å². The van der Waals surface area contributed by atoms with Crippen LogP contribution < -0.4 is 0 Å². The molecule has 1 aromatic rings. The zero-order valence-electron chi connectivity index (χ0n) is 8.43. The van der Waals surface area contributed by atoms with Crippen molar-refractivity contribution in [1.29, 1.82) is 0 Å². The van der Waals surface area contributed by atoms with Crippen molar-refractivity contribution in [2.75, 3.05) is 0 Å². The molecule has 1 unspecified atom stereocenters. The van der Waals surface area contributed by atoms with Crippen LogP contribution >= 0.6 is 38.9 Å². The van der Waals surface area contributed by atoms with Gasteiger partial charge in [-0.15, -0.1) is 22.9 Å². The molecule has 1 rings (SSSR count). The van der Waals surface area contributed by atoms with E-state index in [1.54, 1.807) is 0 Å². The maximum absolute atomic E-state index is 6.15. The minimum Gasteiger partial charge on any atom is -0.148 e. The summed E-state index contributed by atoms with van der Waals surface area (Å²) < 4.78 is 1.25. The third-order valence-electron chi connectivity index (χ3n) is 2.21. The first-order valence-electron chi connectivity index (χ1n) is 5.10. The van der Waals surface area contributed by atoms with Crippen LogP contribution in [0.4, 0.5) is 0 Å². The Kier molecular flexibility index (Phi) is 6.15. The summed E-state index contributed by atoms with van der Waals surface area (Å²) in [5.74, 6) is 0. The fourth-order valence-corrected chi connectivity index (χ4v) is 3.41. The highest BCUT2D eigenvalue weighted by molar-refractivity contribution is 9.10. The van der Waals surface area contributed by atoms with Crippen LogP contribution in [0.25, 0.3) is 0 Å². The SMILES string of the molecule is CCCC(Cl)CCCc1sccc1Br. The number of rotatable bonds is 6. The summed E-state index contributed by atoms with van der Waals surface area (Å²) in [6.45, 7) is 2.19. The molecule has 0 aromatic carbocycles. The largest absolute Gasteiger partial charge is 0.148 e. The minimum atomic E-state index is 0.374. The van der Waals surface area contributed by atoms with Crippen LogP contribution in [-0.2, 0) is 6.42 Å². The molecular weight excluding hydrogens is 280 g/mol. The molecule has 0 nitrogen and oxygen atoms in total. The molecule has 0 radical (unpaired) electrons. The molecular formula is C11H16BrClS. The third-order valence-corrected chi connectivity index (χ3v) is 4.64. The van der Waals surface area contributed by atoms with Gasteiger partial charge in [-0.05, 0) is 53.1 Å². The van der Waals surface area contributed by atoms with Gasteiger partial charge in [-0.2, -0.15) is 0 Å². The summed E-state index contributed by atoms with van der Waals surface area (Å²) in [6, 6.07) is 2.12. The van der Waals surface area contributed by atoms with E-state index in [1.165, 1.54) is 22.2 Å². The molecule has 0 amide bonds. The first-order valence-corrected chi connectivity index (χ1v) is 7.21. The predicted octanol–water partition coefficient (Wildman–Crippen LogP) is 5.24. The molecule has 0 aliphatic heterocycles. The maximum atomic E-state index is 6.15. The monoisotopic (exact) mass is 294 g/mol. The van der Waals surface area contributed by atoms with Crippen molar-refractivity contribution in [3.8, 4) is 0 Å². The van der Waals surface area contributed by atoms with Crippen molar-refractivity contribution >= 4 is 38.9 Å². The van der Waals surface area contributed by atoms with E-state index in [4.69, 9.17) is 11.6 Å². The molecule has 0 saturated carbocycles. The highest BCUT2D eigenvalue weighted by Crippen LogP contribution is 2.25. The van der Waals surface area contributed by atoms with Crippen LogP contribution in [0.1, 0.15) is 37.5 Å². The van der Waals surface area contributed by atoms with Gasteiger partial charge in [-0.3, -0.25) is 0 Å². The van der Waals surface area contributed by atoms with Crippen molar-refractivity contribution in [2.45, 2.75) is 44.4 Å². The van der Waals surface area contributed by atoms with E-state index in [0.29, 0.717) is 5.38 Å². The average Bonchev–Trinajstić information content (AvgIpc) is 2.52. The van der Waals surface area contributed by atoms with E-state index < -0.39 is 0 Å². The summed E-state index contributed by atoms with van der Waals surface area (Å²) in [5, 5.41) is 2.50. The fourth-order valence-electron chi connectivity index (χ4n) is 1.45. The van der Waals surface area contributed by atoms with Gasteiger partial charge >= 0.3 is 0 Å². The van der Waals surface area contributed by atoms with E-state index in [-0.39, 0.29) is 0 Å². The van der Waals surface area contributed by atoms with Crippen LogP contribution in [0.2, 0.25) is 0 Å². The number of halogens is 2. The van der Waals surface area contributed by atoms with Crippen LogP contribution in [-0.4, -0.2) is 5.38 Å². The van der Waals surface area contributed by atoms with E-state index in [2.05, 4.69) is 34.3 Å². The minimum absolute atomic E-state index is 0.374. The average molecular weight is 296 g/mol. The van der Waals surface area contributed by atoms with Crippen LogP contribution in [0, 0.1) is 0 Å². The Morgan fingerprint density at radius 2 is 2.29 bits per heavy atom. The first kappa shape index (κ1) is 12.5. The molecule has 1 atom stereocenters. The van der Waals surface area contributed by atoms with Crippen molar-refractivity contribution < 1.29 is 0 Å². The molecule has 1 aromatic heterocycles. The smallest absolute Gasteiger partial charge is 0.0336 e. The summed E-state index contributed by atoms with van der Waals surface area (Å²) in [7, 11) is 0. The molecule has 0 N–H and O–H groups in total. The molecule has 0 bridgehead atoms. The normalized spacial score (nSPS) is 13.1. The Balaban J connectivity index is 2.19. The zero-order valence-corrected chi connectivity index (χ0v) is 11.6. The first-order chi connectivity index (χ1) is 6.74. The molecule has 80 valence electrons. The Morgan fingerprint density at radius 1 is 1.50 bits per heavy atom. The number of thiophene rings is 1. The summed E-state index contributed by atoms with van der Waals surface area (Å²) in [6.07, 6.45) is 5.84. The Morgan fingerprint density at radius 3 is 2.86 bits per heavy atom. The van der Waals surface area contributed by atoms with Crippen LogP contribution in [0.15, 0.2) is 15.9 Å². The number of alkyl halides is 1. The van der Waals surface area contributed by atoms with Gasteiger partial charge in [-0.1, -0.05) is 13.3 Å². The maximum Gasteiger partial charge on any atom is 0.0336 e. The highest BCUT2D eigenvalue weighted by Gasteiger charge is 2.05. The van der Waals surface area contributed by atoms with Crippen molar-refractivity contribution in [2.24, 2.45) is 0 Å². The topological polar surface area (TPSA) is 0 Å². The molecule has 3 heteroatoms. The Hall–Kier alpha value is 0.470. The summed E-state index contributed by atoms with van der Waals surface area (Å²) in [5.41, 5.74) is 0. The second-order valence-electron chi connectivity index (χ2n) is 3.47. The predicted molar refractivity (Wildman–Crippen MR) is 69.5 cm³/mol. The van der Waals surface area contributed by atoms with E-state index in [1.807, 2.05) is 11.3 Å². The quantitative estimate of drug-likeness (QED) is 0.630. The lowest BCUT2D eigenvalue weighted by atomic mass is 10.1. The van der Waals surface area contributed by atoms with Crippen molar-refractivity contribution in [3.63, 3.8) is 0 Å². The molecule has 0 saturated heterocycles. The second-order valence-corrected chi connectivity index (χ2v) is 5.94. The number of hydrogen-bond acceptors (Lipinski definition) is 1. The van der Waals surface area contributed by atoms with E-state index in [9.17, 15) is 0 Å². The van der Waals surface area contributed by atoms with Gasteiger partial charge in [0.05, 0.1) is 0 Å². The van der Waals surface area contributed by atoms with E-state index >= 15 is 0 Å². The highest BCUT2D eigenvalue weighted by atomic mass is 79.9. The van der Waals surface area contributed by atoms with Crippen LogP contribution in [0.5, 0.6) is 0 Å². The van der Waals surface area contributed by atoms with Gasteiger partial charge in [0, 0.05) is 14.7 Å². The molecule has 0 aliphatic carbocycles. The number of hydrogen-bond donors (Lipinski definition) is 0. The summed E-state index contributed by atoms with van der Waals surface area (Å²) in [4.78, 5) is 1.45. The molecule has 0 aliphatic rings. The zero-order chi connectivity index (χ0) is 10.4. The van der Waals surface area contributed by atoms with Crippen molar-refractivity contribution in [1.82, 2.24) is 0 Å². The standard InChI is InChI=1S/C11H16BrClS/c1-2-4-9(13)5-3-6-11-10(12)7-8-14-11/h7-9H,2-6H2,1H3.